The fraction of sp³-hybridized carbons (Fsp3) is 0.661. The van der Waals surface area contributed by atoms with Gasteiger partial charge in [0.2, 0.25) is 59.3 Å². The van der Waals surface area contributed by atoms with Gasteiger partial charge in [0.15, 0.2) is 11.1 Å². The first-order chi connectivity index (χ1) is 39.4. The van der Waals surface area contributed by atoms with Crippen molar-refractivity contribution in [2.24, 2.45) is 27.2 Å². The van der Waals surface area contributed by atoms with E-state index in [4.69, 9.17) is 29.4 Å². The second kappa shape index (κ2) is 29.2. The molecule has 11 rings (SSSR count). The van der Waals surface area contributed by atoms with E-state index in [0.29, 0.717) is 107 Å². The zero-order valence-corrected chi connectivity index (χ0v) is 47.5. The molecule has 1 saturated carbocycles. The molecule has 8 saturated heterocycles. The van der Waals surface area contributed by atoms with E-state index in [1.165, 1.54) is 6.21 Å². The molecule has 9 heterocycles. The number of hydroxylamine groups is 1. The van der Waals surface area contributed by atoms with Crippen LogP contribution in [-0.4, -0.2) is 212 Å². The monoisotopic (exact) mass is 1170 g/mol. The van der Waals surface area contributed by atoms with E-state index in [-0.39, 0.29) is 114 Å². The number of fused-ring (bicyclic) bond motifs is 5. The molecule has 1 aromatic carbocycles. The van der Waals surface area contributed by atoms with E-state index in [2.05, 4.69) is 41.9 Å². The maximum atomic E-state index is 12.6. The third kappa shape index (κ3) is 16.0. The Bertz CT molecular complexity index is 2700. The second-order valence-electron chi connectivity index (χ2n) is 22.5. The van der Waals surface area contributed by atoms with Crippen molar-refractivity contribution in [3.05, 3.63) is 35.4 Å². The molecule has 26 nitrogen and oxygen atoms in total. The van der Waals surface area contributed by atoms with Gasteiger partial charge in [-0.1, -0.05) is 25.6 Å². The van der Waals surface area contributed by atoms with Crippen molar-refractivity contribution in [2.45, 2.75) is 190 Å². The van der Waals surface area contributed by atoms with Crippen LogP contribution in [0.5, 0.6) is 0 Å². The largest absolute Gasteiger partial charge is 0.388 e. The Balaban J connectivity index is 0.000000160. The Morgan fingerprint density at radius 1 is 0.602 bits per heavy atom. The molecule has 454 valence electrons. The molecule has 0 bridgehead atoms. The molecule has 27 heteroatoms. The van der Waals surface area contributed by atoms with Gasteiger partial charge in [0, 0.05) is 63.8 Å². The van der Waals surface area contributed by atoms with Crippen molar-refractivity contribution in [3.63, 3.8) is 0 Å². The Morgan fingerprint density at radius 3 is 1.43 bits per heavy atom. The number of ketones is 1. The van der Waals surface area contributed by atoms with Crippen molar-refractivity contribution in [1.82, 2.24) is 51.5 Å². The number of amides is 8. The highest BCUT2D eigenvalue weighted by Gasteiger charge is 2.47. The molecule has 1 unspecified atom stereocenters. The molecule has 13 N–H and O–H groups in total. The topological polar surface area (TPSA) is 365 Å². The van der Waals surface area contributed by atoms with Gasteiger partial charge in [-0.25, -0.2) is 0 Å². The number of aliphatic imine (C=N–C) groups is 2. The Kier molecular flexibility index (Phi) is 22.2. The van der Waals surface area contributed by atoms with Crippen LogP contribution in [0.4, 0.5) is 0 Å². The van der Waals surface area contributed by atoms with Crippen LogP contribution in [0.25, 0.3) is 0 Å². The average Bonchev–Trinajstić information content (AvgIpc) is 4.19. The molecule has 9 fully saturated rings. The maximum Gasteiger partial charge on any atom is 0.264 e. The molecule has 0 aromatic heterocycles. The highest BCUT2D eigenvalue weighted by atomic mass is 32.1. The number of thiocarbonyl (C=S) groups is 1. The van der Waals surface area contributed by atoms with Gasteiger partial charge >= 0.3 is 0 Å². The number of nitrogens with two attached hydrogens (primary N) is 3. The summed E-state index contributed by atoms with van der Waals surface area (Å²) in [4.78, 5) is 125. The molecule has 8 amide bonds. The highest BCUT2D eigenvalue weighted by Crippen LogP contribution is 2.28. The maximum absolute atomic E-state index is 12.6. The van der Waals surface area contributed by atoms with Crippen molar-refractivity contribution in [3.8, 4) is 0 Å². The van der Waals surface area contributed by atoms with Crippen LogP contribution in [0.2, 0.25) is 0 Å². The van der Waals surface area contributed by atoms with E-state index in [9.17, 15) is 48.4 Å². The number of guanidine groups is 1. The zero-order chi connectivity index (χ0) is 58.6. The number of nitrogens with one attached hydrogen (secondary N) is 6. The van der Waals surface area contributed by atoms with E-state index >= 15 is 0 Å². The molecule has 0 radical (unpaired) electrons. The smallest absolute Gasteiger partial charge is 0.264 e. The summed E-state index contributed by atoms with van der Waals surface area (Å²) in [6.45, 7) is 6.29. The summed E-state index contributed by atoms with van der Waals surface area (Å²) in [5.41, 5.74) is 17.7. The third-order valence-corrected chi connectivity index (χ3v) is 16.6. The number of nitrogens with zero attached hydrogens (tertiary/aromatic N) is 7. The number of amidine groups is 1. The highest BCUT2D eigenvalue weighted by molar-refractivity contribution is 7.80. The summed E-state index contributed by atoms with van der Waals surface area (Å²) in [6, 6.07) is 4.05. The minimum atomic E-state index is -0.740. The summed E-state index contributed by atoms with van der Waals surface area (Å²) >= 11 is 4.69. The van der Waals surface area contributed by atoms with E-state index in [1.54, 1.807) is 50.8 Å². The Morgan fingerprint density at radius 2 is 1.01 bits per heavy atom. The number of rotatable bonds is 16. The fourth-order valence-electron chi connectivity index (χ4n) is 12.1. The SMILES string of the molecule is C.CC(N)=NCCC[C@@H]1NC(=O)[C@@H]2CCCN2C1=O.NC(=NCCC[C@@H]1NC(=O)[C@@H]2CCCN2C1=O)NC1CC1.NC(=S)NCCC[C@@H]1NC(=O)[C@@H]2CCCN2C1=O.O=C1c2ccccc2C=[N+](O)C1CC[C@@H]1NC(=O)[C@@H]2CCCN2C1=O. The number of carbonyl (C=O) groups excluding carboxylic acids is 9. The summed E-state index contributed by atoms with van der Waals surface area (Å²) in [6.07, 6.45) is 15.2. The zero-order valence-electron chi connectivity index (χ0n) is 46.7. The summed E-state index contributed by atoms with van der Waals surface area (Å²) in [5, 5.41) is 27.6. The van der Waals surface area contributed by atoms with Gasteiger partial charge in [-0.15, -0.1) is 0 Å². The summed E-state index contributed by atoms with van der Waals surface area (Å²) < 4.78 is 0.915. The van der Waals surface area contributed by atoms with Gasteiger partial charge in [0.05, 0.1) is 11.4 Å². The van der Waals surface area contributed by atoms with Crippen LogP contribution >= 0.6 is 12.2 Å². The molecular weight excluding hydrogens is 1090 g/mol. The van der Waals surface area contributed by atoms with Crippen molar-refractivity contribution < 1.29 is 53.1 Å². The van der Waals surface area contributed by atoms with Gasteiger partial charge in [-0.05, 0) is 139 Å². The normalized spacial score (nSPS) is 27.9. The van der Waals surface area contributed by atoms with Crippen LogP contribution < -0.4 is 49.1 Å². The van der Waals surface area contributed by atoms with Crippen molar-refractivity contribution in [1.29, 1.82) is 0 Å². The summed E-state index contributed by atoms with van der Waals surface area (Å²) in [5.74, 6) is 0.807. The van der Waals surface area contributed by atoms with Gasteiger partial charge in [0.1, 0.15) is 48.3 Å². The summed E-state index contributed by atoms with van der Waals surface area (Å²) in [7, 11) is 0. The lowest BCUT2D eigenvalue weighted by Crippen LogP contribution is -2.61. The molecule has 10 aliphatic rings. The predicted molar refractivity (Wildman–Crippen MR) is 312 cm³/mol. The minimum Gasteiger partial charge on any atom is -0.388 e. The van der Waals surface area contributed by atoms with Crippen LogP contribution in [0, 0.1) is 0 Å². The number of benzene rings is 1. The predicted octanol–water partition coefficient (Wildman–Crippen LogP) is -0.977. The van der Waals surface area contributed by atoms with Crippen molar-refractivity contribution >= 4 is 88.4 Å². The number of hydrogen-bond donors (Lipinski definition) is 10. The molecule has 9 atom stereocenters. The first-order valence-electron chi connectivity index (χ1n) is 29.1. The minimum absolute atomic E-state index is 0. The Labute approximate surface area is 489 Å². The Hall–Kier alpha value is -7.45. The number of carbonyl (C=O) groups is 9. The molecule has 1 aliphatic carbocycles. The molecule has 0 spiro atoms. The van der Waals surface area contributed by atoms with Crippen LogP contribution in [0.15, 0.2) is 34.3 Å². The lowest BCUT2D eigenvalue weighted by Gasteiger charge is -2.34. The first-order valence-corrected chi connectivity index (χ1v) is 29.6. The van der Waals surface area contributed by atoms with E-state index in [0.717, 1.165) is 81.8 Å². The lowest BCUT2D eigenvalue weighted by molar-refractivity contribution is -0.786. The van der Waals surface area contributed by atoms with E-state index in [1.807, 2.05) is 0 Å². The van der Waals surface area contributed by atoms with Gasteiger partial charge in [-0.3, -0.25) is 58.3 Å². The van der Waals surface area contributed by atoms with Gasteiger partial charge in [0.25, 0.3) is 6.04 Å². The molecular formula is C56H85N16O10S+. The molecule has 83 heavy (non-hydrogen) atoms. The number of Topliss-reactive ketones (excluding diaryl/α,β-unsaturated/α-hetero) is 1. The quantitative estimate of drug-likeness (QED) is 0.0238. The van der Waals surface area contributed by atoms with E-state index < -0.39 is 12.1 Å². The molecule has 9 aliphatic heterocycles. The van der Waals surface area contributed by atoms with Crippen molar-refractivity contribution in [2.75, 3.05) is 45.8 Å². The first kappa shape index (κ1) is 63.1. The average molecular weight is 1170 g/mol. The van der Waals surface area contributed by atoms with Crippen LogP contribution in [0.3, 0.4) is 0 Å². The van der Waals surface area contributed by atoms with Gasteiger partial charge < -0.3 is 68.7 Å². The third-order valence-electron chi connectivity index (χ3n) is 16.5. The van der Waals surface area contributed by atoms with Gasteiger partial charge in [-0.2, -0.15) is 0 Å². The molecule has 1 aromatic rings. The van der Waals surface area contributed by atoms with Crippen LogP contribution in [0.1, 0.15) is 146 Å². The second-order valence-corrected chi connectivity index (χ2v) is 22.9. The lowest BCUT2D eigenvalue weighted by atomic mass is 9.92. The fourth-order valence-corrected chi connectivity index (χ4v) is 12.2. The number of hydrogen-bond acceptors (Lipinski definition) is 13. The van der Waals surface area contributed by atoms with Crippen LogP contribution in [-0.2, 0) is 38.4 Å². The number of piperazine rings is 4. The standard InChI is InChI=1S/C18H19N3O4.C14H23N5O2.C12H20N4O2.C11H18N4O2S.CH4/c22-16-12-5-2-1-4-11(12)10-21(25)14(16)8-7-13-18(24)20-9-3-6-15(20)17(23)19-13;15-14(17-9-5-6-9)16-7-1-3-10-13(21)19-8-2-4-11(19)12(20)18-10;1-8(13)14-6-2-4-9-12(18)16-7-3-5-10(16)11(17)15-9;12-11(18)13-5-1-3-7-10(17)15-6-2-4-8(15)9(16)14-7;/h1-2,4-5,10,13-15H,3,6-9H2,(H-,19,22,23,25);9-11H,1-8H2,(H,18,20)(H3,15,16,17);9-10H,2-7H2,1H3,(H2,13,14)(H,15,17);7-8H,1-6H2,(H,14,16)(H3,12,13,18);1H4/p+1/t13-,14?,15-;10-,11-;9-,10-;7-,8-;/m0000./s1.